The molecule has 4 rings (SSSR count). The van der Waals surface area contributed by atoms with Gasteiger partial charge in [-0.3, -0.25) is 19.2 Å². The fourth-order valence-corrected chi connectivity index (χ4v) is 5.82. The molecule has 2 aliphatic heterocycles. The monoisotopic (exact) mass is 741 g/mol. The third-order valence-corrected chi connectivity index (χ3v) is 8.59. The Labute approximate surface area is 305 Å². The molecule has 5 amide bonds. The van der Waals surface area contributed by atoms with Crippen molar-refractivity contribution in [2.24, 2.45) is 5.92 Å². The smallest absolute Gasteiger partial charge is 0.416 e. The van der Waals surface area contributed by atoms with Crippen LogP contribution in [-0.2, 0) is 30.5 Å². The molecule has 286 valence electrons. The number of nitrogens with zero attached hydrogens (tertiary/aromatic N) is 2. The number of anilines is 2. The van der Waals surface area contributed by atoms with Gasteiger partial charge in [-0.2, -0.15) is 0 Å². The first kappa shape index (κ1) is 40.1. The number of carboxylic acids is 1. The number of ether oxygens (including phenoxy) is 3. The van der Waals surface area contributed by atoms with E-state index in [1.807, 2.05) is 0 Å². The van der Waals surface area contributed by atoms with Crippen LogP contribution in [0.1, 0.15) is 62.4 Å². The quantitative estimate of drug-likeness (QED) is 0.132. The lowest BCUT2D eigenvalue weighted by Crippen LogP contribution is -2.53. The van der Waals surface area contributed by atoms with Crippen molar-refractivity contribution in [3.8, 4) is 5.75 Å². The number of halogens is 1. The van der Waals surface area contributed by atoms with E-state index in [0.29, 0.717) is 30.6 Å². The number of hydrogen-bond acceptors (Lipinski definition) is 10. The van der Waals surface area contributed by atoms with E-state index >= 15 is 4.39 Å². The van der Waals surface area contributed by atoms with Crippen LogP contribution in [0.5, 0.6) is 5.75 Å². The highest BCUT2D eigenvalue weighted by Crippen LogP contribution is 2.38. The van der Waals surface area contributed by atoms with Crippen LogP contribution in [0.3, 0.4) is 0 Å². The van der Waals surface area contributed by atoms with Gasteiger partial charge in [0.1, 0.15) is 25.3 Å². The molecular weight excluding hydrogens is 697 g/mol. The third-order valence-electron chi connectivity index (χ3n) is 8.59. The minimum Gasteiger partial charge on any atom is -0.490 e. The molecule has 2 aliphatic rings. The number of amides is 5. The summed E-state index contributed by atoms with van der Waals surface area (Å²) in [4.78, 5) is 77.8. The zero-order chi connectivity index (χ0) is 38.8. The van der Waals surface area contributed by atoms with Crippen molar-refractivity contribution in [2.75, 3.05) is 30.0 Å². The molecule has 0 spiro atoms. The SMILES string of the molecule is C=CCOC(=O)N[C@H](C(=O)N[C@@H](C)C(=O)Nc1ccc(COC(=O)N2c3cc(OCCCC(=O)O)c(F)cc3C(=O)N3CCCC3C2O)cc1)C(C)C. The Morgan fingerprint density at radius 3 is 2.43 bits per heavy atom. The van der Waals surface area contributed by atoms with Gasteiger partial charge in [0.25, 0.3) is 5.91 Å². The van der Waals surface area contributed by atoms with E-state index in [1.54, 1.807) is 38.1 Å². The average molecular weight is 742 g/mol. The van der Waals surface area contributed by atoms with Crippen LogP contribution in [0, 0.1) is 11.7 Å². The zero-order valence-corrected chi connectivity index (χ0v) is 29.6. The summed E-state index contributed by atoms with van der Waals surface area (Å²) >= 11 is 0. The second kappa shape index (κ2) is 18.2. The Morgan fingerprint density at radius 1 is 1.06 bits per heavy atom. The second-order valence-corrected chi connectivity index (χ2v) is 12.9. The molecule has 17 heteroatoms. The van der Waals surface area contributed by atoms with Crippen molar-refractivity contribution in [1.82, 2.24) is 15.5 Å². The highest BCUT2D eigenvalue weighted by atomic mass is 19.1. The molecule has 16 nitrogen and oxygen atoms in total. The highest BCUT2D eigenvalue weighted by molar-refractivity contribution is 6.05. The van der Waals surface area contributed by atoms with Gasteiger partial charge in [-0.1, -0.05) is 38.6 Å². The Bertz CT molecular complexity index is 1700. The van der Waals surface area contributed by atoms with Gasteiger partial charge in [-0.25, -0.2) is 18.9 Å². The Hall–Kier alpha value is -5.71. The van der Waals surface area contributed by atoms with E-state index in [2.05, 4.69) is 22.5 Å². The van der Waals surface area contributed by atoms with Crippen LogP contribution in [0.4, 0.5) is 25.4 Å². The second-order valence-electron chi connectivity index (χ2n) is 12.9. The van der Waals surface area contributed by atoms with Crippen molar-refractivity contribution in [1.29, 1.82) is 0 Å². The number of alkyl carbamates (subject to hydrolysis) is 1. The van der Waals surface area contributed by atoms with Crippen molar-refractivity contribution in [3.63, 3.8) is 0 Å². The summed E-state index contributed by atoms with van der Waals surface area (Å²) in [5, 5.41) is 28.0. The molecule has 2 aromatic carbocycles. The molecule has 2 aromatic rings. The minimum atomic E-state index is -1.53. The summed E-state index contributed by atoms with van der Waals surface area (Å²) in [6, 6.07) is 5.58. The van der Waals surface area contributed by atoms with Crippen molar-refractivity contribution in [2.45, 2.75) is 77.4 Å². The molecule has 2 unspecified atom stereocenters. The number of rotatable bonds is 15. The number of aliphatic hydroxyl groups excluding tert-OH is 1. The van der Waals surface area contributed by atoms with E-state index in [0.717, 1.165) is 17.0 Å². The minimum absolute atomic E-state index is 0.0331. The van der Waals surface area contributed by atoms with Gasteiger partial charge in [0.05, 0.1) is 23.9 Å². The third kappa shape index (κ3) is 10.2. The van der Waals surface area contributed by atoms with E-state index < -0.39 is 66.0 Å². The maximum absolute atomic E-state index is 15.1. The molecule has 53 heavy (non-hydrogen) atoms. The summed E-state index contributed by atoms with van der Waals surface area (Å²) < 4.78 is 30.9. The van der Waals surface area contributed by atoms with Crippen molar-refractivity contribution in [3.05, 3.63) is 66.0 Å². The molecule has 1 fully saturated rings. The molecule has 0 aliphatic carbocycles. The lowest BCUT2D eigenvalue weighted by Gasteiger charge is -2.31. The number of carbonyl (C=O) groups excluding carboxylic acids is 5. The maximum Gasteiger partial charge on any atom is 0.416 e. The molecule has 0 bridgehead atoms. The van der Waals surface area contributed by atoms with Crippen LogP contribution in [-0.4, -0.2) is 95.1 Å². The molecule has 0 radical (unpaired) electrons. The maximum atomic E-state index is 15.1. The summed E-state index contributed by atoms with van der Waals surface area (Å²) in [6.45, 7) is 8.23. The molecule has 0 aromatic heterocycles. The number of aliphatic carboxylic acids is 1. The van der Waals surface area contributed by atoms with E-state index in [1.165, 1.54) is 17.9 Å². The molecule has 4 atom stereocenters. The van der Waals surface area contributed by atoms with Crippen LogP contribution in [0.2, 0.25) is 0 Å². The predicted molar refractivity (Wildman–Crippen MR) is 187 cm³/mol. The number of carboxylic acid groups (broad SMARTS) is 1. The number of fused-ring (bicyclic) bond motifs is 2. The number of benzene rings is 2. The Morgan fingerprint density at radius 2 is 1.77 bits per heavy atom. The normalized spacial score (nSPS) is 17.4. The first-order chi connectivity index (χ1) is 25.2. The lowest BCUT2D eigenvalue weighted by molar-refractivity contribution is -0.137. The predicted octanol–water partition coefficient (Wildman–Crippen LogP) is 3.53. The number of hydrogen-bond donors (Lipinski definition) is 5. The summed E-state index contributed by atoms with van der Waals surface area (Å²) in [5.41, 5.74) is 0.566. The summed E-state index contributed by atoms with van der Waals surface area (Å²) in [5.74, 6) is -4.28. The van der Waals surface area contributed by atoms with Gasteiger partial charge in [0.2, 0.25) is 11.8 Å². The lowest BCUT2D eigenvalue weighted by atomic mass is 10.0. The van der Waals surface area contributed by atoms with E-state index in [-0.39, 0.29) is 55.6 Å². The van der Waals surface area contributed by atoms with Gasteiger partial charge < -0.3 is 45.3 Å². The summed E-state index contributed by atoms with van der Waals surface area (Å²) in [7, 11) is 0. The van der Waals surface area contributed by atoms with E-state index in [4.69, 9.17) is 19.3 Å². The average Bonchev–Trinajstić information content (AvgIpc) is 3.59. The van der Waals surface area contributed by atoms with Gasteiger partial charge >= 0.3 is 18.2 Å². The van der Waals surface area contributed by atoms with Gasteiger partial charge in [0, 0.05) is 24.7 Å². The number of nitrogens with one attached hydrogen (secondary N) is 3. The largest absolute Gasteiger partial charge is 0.490 e. The molecular formula is C36H44FN5O11. The Balaban J connectivity index is 1.41. The summed E-state index contributed by atoms with van der Waals surface area (Å²) in [6.07, 6.45) is -1.14. The zero-order valence-electron chi connectivity index (χ0n) is 29.6. The number of aliphatic hydroxyl groups is 1. The Kier molecular flexibility index (Phi) is 13.7. The molecule has 1 saturated heterocycles. The molecule has 0 saturated carbocycles. The van der Waals surface area contributed by atoms with Crippen LogP contribution in [0.25, 0.3) is 0 Å². The standard InChI is InChI=1S/C36H44FN5O11/c1-5-15-52-35(49)40-30(20(2)3)32(46)38-21(4)31(45)39-23-12-10-22(11-13-23)19-53-36(50)42-27-18-28(51-16-7-9-29(43)44)25(37)17-24(27)33(47)41-14-6-8-26(41)34(42)48/h5,10-13,17-18,20-21,26,30,34,48H,1,6-9,14-16,19H2,2-4H3,(H,38,46)(H,39,45)(H,40,49)(H,43,44)/t21-,26?,30-,34?/m0/s1. The van der Waals surface area contributed by atoms with Crippen LogP contribution < -0.4 is 25.6 Å². The van der Waals surface area contributed by atoms with Crippen LogP contribution >= 0.6 is 0 Å². The first-order valence-corrected chi connectivity index (χ1v) is 17.1. The fourth-order valence-electron chi connectivity index (χ4n) is 5.82. The number of carbonyl (C=O) groups is 6. The molecule has 2 heterocycles. The highest BCUT2D eigenvalue weighted by Gasteiger charge is 2.45. The van der Waals surface area contributed by atoms with Crippen molar-refractivity contribution >= 4 is 47.3 Å². The van der Waals surface area contributed by atoms with Gasteiger partial charge in [0.15, 0.2) is 17.8 Å². The van der Waals surface area contributed by atoms with E-state index in [9.17, 15) is 33.9 Å². The fraction of sp³-hybridized carbons (Fsp3) is 0.444. The molecule has 5 N–H and O–H groups in total. The first-order valence-electron chi connectivity index (χ1n) is 17.1. The van der Waals surface area contributed by atoms with Crippen molar-refractivity contribution < 1.29 is 57.6 Å². The topological polar surface area (TPSA) is 213 Å². The van der Waals surface area contributed by atoms with Gasteiger partial charge in [-0.15, -0.1) is 0 Å². The van der Waals surface area contributed by atoms with Gasteiger partial charge in [-0.05, 0) is 55.9 Å². The van der Waals surface area contributed by atoms with Crippen LogP contribution in [0.15, 0.2) is 49.1 Å².